The van der Waals surface area contributed by atoms with Crippen LogP contribution < -0.4 is 5.32 Å². The Morgan fingerprint density at radius 1 is 1.12 bits per heavy atom. The summed E-state index contributed by atoms with van der Waals surface area (Å²) in [7, 11) is 0. The summed E-state index contributed by atoms with van der Waals surface area (Å²) in [4.78, 5) is 12.4. The van der Waals surface area contributed by atoms with Gasteiger partial charge in [-0.15, -0.1) is 0 Å². The molecule has 2 aliphatic rings. The highest BCUT2D eigenvalue weighted by atomic mass is 16.1. The van der Waals surface area contributed by atoms with Crippen molar-refractivity contribution in [2.45, 2.75) is 84.7 Å². The van der Waals surface area contributed by atoms with Crippen LogP contribution in [0.1, 0.15) is 71.8 Å². The summed E-state index contributed by atoms with van der Waals surface area (Å²) in [5, 5.41) is 3.85. The lowest BCUT2D eigenvalue weighted by molar-refractivity contribution is -0.128. The van der Waals surface area contributed by atoms with Gasteiger partial charge in [0.15, 0.2) is 0 Å². The molecule has 1 aromatic carbocycles. The molecule has 0 aromatic heterocycles. The molecule has 1 aromatic rings. The van der Waals surface area contributed by atoms with E-state index in [1.54, 1.807) is 6.92 Å². The Morgan fingerprint density at radius 3 is 2.35 bits per heavy atom. The van der Waals surface area contributed by atoms with Gasteiger partial charge in [-0.2, -0.15) is 0 Å². The molecule has 26 heavy (non-hydrogen) atoms. The molecule has 0 saturated heterocycles. The quantitative estimate of drug-likeness (QED) is 0.685. The van der Waals surface area contributed by atoms with Crippen LogP contribution in [0.2, 0.25) is 0 Å². The van der Waals surface area contributed by atoms with Gasteiger partial charge in [-0.3, -0.25) is 4.79 Å². The number of carbonyl (C=O) groups is 1. The highest BCUT2D eigenvalue weighted by Gasteiger charge is 2.39. The van der Waals surface area contributed by atoms with Gasteiger partial charge in [0.05, 0.1) is 0 Å². The first-order valence-electron chi connectivity index (χ1n) is 10.6. The maximum absolute atomic E-state index is 12.4. The average molecular weight is 356 g/mol. The fourth-order valence-corrected chi connectivity index (χ4v) is 4.44. The molecule has 1 saturated carbocycles. The molecule has 1 N–H and O–H groups in total. The number of allylic oxidation sites excluding steroid dienone is 1. The monoisotopic (exact) mass is 355 g/mol. The maximum atomic E-state index is 12.4. The van der Waals surface area contributed by atoms with Crippen molar-refractivity contribution in [3.8, 4) is 0 Å². The van der Waals surface area contributed by atoms with Crippen molar-refractivity contribution in [3.63, 3.8) is 0 Å². The van der Waals surface area contributed by atoms with Gasteiger partial charge in [0.2, 0.25) is 0 Å². The maximum Gasteiger partial charge on any atom is 0.136 e. The van der Waals surface area contributed by atoms with Crippen LogP contribution in [0.5, 0.6) is 0 Å². The molecule has 2 heteroatoms. The number of rotatable bonds is 5. The molecular weight excluding hydrogens is 318 g/mol. The second-order valence-corrected chi connectivity index (χ2v) is 7.95. The van der Waals surface area contributed by atoms with E-state index in [0.717, 1.165) is 38.0 Å². The lowest BCUT2D eigenvalue weighted by atomic mass is 9.66. The van der Waals surface area contributed by atoms with Gasteiger partial charge in [0, 0.05) is 17.5 Å². The Bertz CT molecular complexity index is 569. The van der Waals surface area contributed by atoms with E-state index in [0.29, 0.717) is 17.9 Å². The normalized spacial score (nSPS) is 31.0. The second-order valence-electron chi connectivity index (χ2n) is 7.95. The third-order valence-corrected chi connectivity index (χ3v) is 6.25. The summed E-state index contributed by atoms with van der Waals surface area (Å²) >= 11 is 0. The zero-order valence-electron chi connectivity index (χ0n) is 17.1. The smallest absolute Gasteiger partial charge is 0.136 e. The molecule has 0 amide bonds. The Labute approximate surface area is 160 Å². The Balaban J connectivity index is 0.00000117. The van der Waals surface area contributed by atoms with Crippen molar-refractivity contribution in [2.75, 3.05) is 0 Å². The standard InChI is InChI=1S/C22H31NO.C2H6/c1-17-8-6-7-11-21(17)23-20-12-14-22(15-13-20,18(2)24)16-19-9-4-3-5-10-19;1-2/h3-5,7,9-11,17,20-21,23H,6,8,12-16H2,1-2H3;1-2H3. The first kappa shape index (κ1) is 20.9. The van der Waals surface area contributed by atoms with Gasteiger partial charge in [-0.1, -0.05) is 63.3 Å². The number of benzene rings is 1. The van der Waals surface area contributed by atoms with Crippen LogP contribution in [0.25, 0.3) is 0 Å². The zero-order valence-corrected chi connectivity index (χ0v) is 17.1. The summed E-state index contributed by atoms with van der Waals surface area (Å²) in [5.41, 5.74) is 1.15. The third kappa shape index (κ3) is 5.30. The molecular formula is C24H37NO. The Hall–Kier alpha value is -1.41. The molecule has 1 fully saturated rings. The lowest BCUT2D eigenvalue weighted by Crippen LogP contribution is -2.47. The average Bonchev–Trinajstić information content (AvgIpc) is 2.67. The van der Waals surface area contributed by atoms with E-state index in [-0.39, 0.29) is 5.41 Å². The highest BCUT2D eigenvalue weighted by molar-refractivity contribution is 5.82. The van der Waals surface area contributed by atoms with Gasteiger partial charge in [-0.05, 0) is 63.4 Å². The SMILES string of the molecule is CC.CC(=O)C1(Cc2ccccc2)CCC(NC2C=CCCC2C)CC1. The minimum Gasteiger partial charge on any atom is -0.308 e. The van der Waals surface area contributed by atoms with Gasteiger partial charge >= 0.3 is 0 Å². The molecule has 0 bridgehead atoms. The number of hydrogen-bond donors (Lipinski definition) is 1. The molecule has 144 valence electrons. The predicted molar refractivity (Wildman–Crippen MR) is 111 cm³/mol. The minimum absolute atomic E-state index is 0.145. The predicted octanol–water partition coefficient (Wildman–Crippen LogP) is 5.72. The molecule has 0 aliphatic heterocycles. The number of nitrogens with one attached hydrogen (secondary N) is 1. The lowest BCUT2D eigenvalue weighted by Gasteiger charge is -2.40. The van der Waals surface area contributed by atoms with Crippen molar-refractivity contribution in [1.82, 2.24) is 5.32 Å². The third-order valence-electron chi connectivity index (χ3n) is 6.25. The fraction of sp³-hybridized carbons (Fsp3) is 0.625. The second kappa shape index (κ2) is 10.1. The van der Waals surface area contributed by atoms with Gasteiger partial charge in [-0.25, -0.2) is 0 Å². The van der Waals surface area contributed by atoms with Crippen LogP contribution in [0, 0.1) is 11.3 Å². The number of ketones is 1. The van der Waals surface area contributed by atoms with Crippen LogP contribution in [0.15, 0.2) is 42.5 Å². The van der Waals surface area contributed by atoms with Crippen LogP contribution >= 0.6 is 0 Å². The number of hydrogen-bond acceptors (Lipinski definition) is 2. The van der Waals surface area contributed by atoms with Crippen LogP contribution in [-0.2, 0) is 11.2 Å². The van der Waals surface area contributed by atoms with E-state index < -0.39 is 0 Å². The molecule has 2 unspecified atom stereocenters. The van der Waals surface area contributed by atoms with Crippen LogP contribution in [0.3, 0.4) is 0 Å². The highest BCUT2D eigenvalue weighted by Crippen LogP contribution is 2.40. The van der Waals surface area contributed by atoms with Crippen LogP contribution in [0.4, 0.5) is 0 Å². The molecule has 2 nitrogen and oxygen atoms in total. The topological polar surface area (TPSA) is 29.1 Å². The van der Waals surface area contributed by atoms with E-state index in [1.807, 2.05) is 19.9 Å². The van der Waals surface area contributed by atoms with Crippen LogP contribution in [-0.4, -0.2) is 17.9 Å². The number of Topliss-reactive ketones (excluding diaryl/α,β-unsaturated/α-hetero) is 1. The molecule has 2 atom stereocenters. The van der Waals surface area contributed by atoms with E-state index in [1.165, 1.54) is 18.4 Å². The molecule has 0 heterocycles. The van der Waals surface area contributed by atoms with E-state index >= 15 is 0 Å². The summed E-state index contributed by atoms with van der Waals surface area (Å²) in [6, 6.07) is 11.6. The van der Waals surface area contributed by atoms with Crippen molar-refractivity contribution >= 4 is 5.78 Å². The molecule has 3 rings (SSSR count). The van der Waals surface area contributed by atoms with E-state index in [9.17, 15) is 4.79 Å². The van der Waals surface area contributed by atoms with Gasteiger partial charge in [0.25, 0.3) is 0 Å². The van der Waals surface area contributed by atoms with Crippen molar-refractivity contribution < 1.29 is 4.79 Å². The molecule has 2 aliphatic carbocycles. The fourth-order valence-electron chi connectivity index (χ4n) is 4.44. The van der Waals surface area contributed by atoms with Crippen molar-refractivity contribution in [2.24, 2.45) is 11.3 Å². The molecule has 0 spiro atoms. The number of carbonyl (C=O) groups excluding carboxylic acids is 1. The Kier molecular flexibility index (Phi) is 8.09. The largest absolute Gasteiger partial charge is 0.308 e. The Morgan fingerprint density at radius 2 is 1.77 bits per heavy atom. The van der Waals surface area contributed by atoms with Crippen molar-refractivity contribution in [3.05, 3.63) is 48.0 Å². The zero-order chi connectivity index (χ0) is 19.0. The summed E-state index contributed by atoms with van der Waals surface area (Å²) < 4.78 is 0. The van der Waals surface area contributed by atoms with E-state index in [4.69, 9.17) is 0 Å². The summed E-state index contributed by atoms with van der Waals surface area (Å²) in [6.07, 6.45) is 12.3. The van der Waals surface area contributed by atoms with Gasteiger partial charge < -0.3 is 5.32 Å². The first-order valence-corrected chi connectivity index (χ1v) is 10.6. The minimum atomic E-state index is -0.145. The first-order chi connectivity index (χ1) is 12.6. The molecule has 0 radical (unpaired) electrons. The van der Waals surface area contributed by atoms with Crippen molar-refractivity contribution in [1.29, 1.82) is 0 Å². The summed E-state index contributed by atoms with van der Waals surface area (Å²) in [5.74, 6) is 1.09. The van der Waals surface area contributed by atoms with Gasteiger partial charge in [0.1, 0.15) is 5.78 Å². The summed E-state index contributed by atoms with van der Waals surface area (Å²) in [6.45, 7) is 8.14. The van der Waals surface area contributed by atoms with E-state index in [2.05, 4.69) is 48.7 Å².